The van der Waals surface area contributed by atoms with Crippen LogP contribution in [0.2, 0.25) is 0 Å². The molecule has 0 spiro atoms. The maximum Gasteiger partial charge on any atom is 0.230 e. The molecule has 0 saturated carbocycles. The van der Waals surface area contributed by atoms with Gasteiger partial charge in [-0.05, 0) is 66.4 Å². The van der Waals surface area contributed by atoms with Crippen LogP contribution in [0.1, 0.15) is 56.6 Å². The number of nitrogens with zero attached hydrogens (tertiary/aromatic N) is 3. The average Bonchev–Trinajstić information content (AvgIpc) is 2.48. The van der Waals surface area contributed by atoms with Gasteiger partial charge in [-0.3, -0.25) is 0 Å². The zero-order valence-electron chi connectivity index (χ0n) is 14.5. The van der Waals surface area contributed by atoms with Gasteiger partial charge in [0.15, 0.2) is 0 Å². The van der Waals surface area contributed by atoms with Crippen molar-refractivity contribution in [1.82, 2.24) is 9.97 Å². The minimum atomic E-state index is -0.110. The lowest BCUT2D eigenvalue weighted by Gasteiger charge is -2.24. The van der Waals surface area contributed by atoms with Gasteiger partial charge in [0.2, 0.25) is 5.95 Å². The first-order valence-corrected chi connectivity index (χ1v) is 8.81. The summed E-state index contributed by atoms with van der Waals surface area (Å²) in [5.41, 5.74) is 10.2. The summed E-state index contributed by atoms with van der Waals surface area (Å²) >= 11 is 3.70. The summed E-state index contributed by atoms with van der Waals surface area (Å²) in [5, 5.41) is 0. The van der Waals surface area contributed by atoms with Crippen molar-refractivity contribution < 1.29 is 0 Å². The lowest BCUT2D eigenvalue weighted by molar-refractivity contribution is 0.764. The lowest BCUT2D eigenvalue weighted by Crippen LogP contribution is -2.21. The Morgan fingerprint density at radius 2 is 1.87 bits per heavy atom. The van der Waals surface area contributed by atoms with Gasteiger partial charge in [-0.15, -0.1) is 0 Å². The molecule has 124 valence electrons. The van der Waals surface area contributed by atoms with Crippen molar-refractivity contribution >= 4 is 27.6 Å². The second-order valence-electron chi connectivity index (χ2n) is 6.13. The molecule has 23 heavy (non-hydrogen) atoms. The molecule has 0 aliphatic heterocycles. The van der Waals surface area contributed by atoms with Gasteiger partial charge in [0, 0.05) is 22.8 Å². The van der Waals surface area contributed by atoms with Crippen LogP contribution in [0.4, 0.5) is 11.6 Å². The molecule has 2 aromatic rings. The van der Waals surface area contributed by atoms with Crippen LogP contribution in [0.25, 0.3) is 0 Å². The van der Waals surface area contributed by atoms with Crippen LogP contribution in [0.3, 0.4) is 0 Å². The number of benzene rings is 1. The minimum absolute atomic E-state index is 0.110. The number of aryl methyl sites for hydroxylation is 1. The Labute approximate surface area is 147 Å². The van der Waals surface area contributed by atoms with Gasteiger partial charge in [-0.25, -0.2) is 9.97 Å². The van der Waals surface area contributed by atoms with Crippen LogP contribution in [0.15, 0.2) is 28.7 Å². The van der Waals surface area contributed by atoms with E-state index in [4.69, 9.17) is 5.73 Å². The fourth-order valence-electron chi connectivity index (χ4n) is 2.45. The molecule has 0 aliphatic carbocycles. The maximum absolute atomic E-state index is 6.00. The molecule has 5 heteroatoms. The predicted molar refractivity (Wildman–Crippen MR) is 100 cm³/mol. The van der Waals surface area contributed by atoms with E-state index in [1.165, 1.54) is 5.56 Å². The predicted octanol–water partition coefficient (Wildman–Crippen LogP) is 4.85. The highest BCUT2D eigenvalue weighted by atomic mass is 79.9. The van der Waals surface area contributed by atoms with Crippen LogP contribution in [-0.2, 0) is 0 Å². The van der Waals surface area contributed by atoms with E-state index < -0.39 is 0 Å². The van der Waals surface area contributed by atoms with Crippen molar-refractivity contribution in [2.45, 2.75) is 46.6 Å². The smallest absolute Gasteiger partial charge is 0.230 e. The number of aromatic nitrogens is 2. The van der Waals surface area contributed by atoms with Gasteiger partial charge >= 0.3 is 0 Å². The van der Waals surface area contributed by atoms with Crippen LogP contribution in [0.5, 0.6) is 0 Å². The van der Waals surface area contributed by atoms with Crippen LogP contribution < -0.4 is 10.6 Å². The minimum Gasteiger partial charge on any atom is -0.323 e. The first-order valence-electron chi connectivity index (χ1n) is 8.01. The molecule has 1 unspecified atom stereocenters. The normalized spacial score (nSPS) is 12.5. The summed E-state index contributed by atoms with van der Waals surface area (Å²) in [6.45, 7) is 11.2. The number of hydrogen-bond acceptors (Lipinski definition) is 4. The van der Waals surface area contributed by atoms with Gasteiger partial charge in [-0.1, -0.05) is 19.9 Å². The fourth-order valence-corrected chi connectivity index (χ4v) is 3.06. The fraction of sp³-hybridized carbons (Fsp3) is 0.444. The topological polar surface area (TPSA) is 55.0 Å². The number of halogens is 1. The zero-order valence-corrected chi connectivity index (χ0v) is 16.1. The van der Waals surface area contributed by atoms with Crippen molar-refractivity contribution in [1.29, 1.82) is 0 Å². The van der Waals surface area contributed by atoms with Crippen LogP contribution in [0, 0.1) is 6.92 Å². The Kier molecular flexibility index (Phi) is 5.76. The molecule has 0 amide bonds. The molecular formula is C18H25BrN4. The molecule has 2 rings (SSSR count). The van der Waals surface area contributed by atoms with E-state index in [0.29, 0.717) is 11.9 Å². The van der Waals surface area contributed by atoms with Crippen LogP contribution in [-0.4, -0.2) is 16.5 Å². The highest BCUT2D eigenvalue weighted by molar-refractivity contribution is 9.10. The second-order valence-corrected chi connectivity index (χ2v) is 6.99. The van der Waals surface area contributed by atoms with Crippen molar-refractivity contribution in [3.8, 4) is 0 Å². The van der Waals surface area contributed by atoms with E-state index in [1.54, 1.807) is 0 Å². The van der Waals surface area contributed by atoms with Crippen molar-refractivity contribution in [3.05, 3.63) is 45.7 Å². The second kappa shape index (κ2) is 7.41. The van der Waals surface area contributed by atoms with E-state index >= 15 is 0 Å². The third-order valence-electron chi connectivity index (χ3n) is 3.82. The molecule has 0 radical (unpaired) electrons. The molecule has 2 N–H and O–H groups in total. The largest absolute Gasteiger partial charge is 0.323 e. The molecule has 1 aromatic carbocycles. The Morgan fingerprint density at radius 1 is 1.17 bits per heavy atom. The van der Waals surface area contributed by atoms with Gasteiger partial charge in [-0.2, -0.15) is 0 Å². The highest BCUT2D eigenvalue weighted by Crippen LogP contribution is 2.33. The van der Waals surface area contributed by atoms with E-state index in [2.05, 4.69) is 69.8 Å². The molecule has 0 fully saturated rings. The van der Waals surface area contributed by atoms with Crippen LogP contribution >= 0.6 is 15.9 Å². The third kappa shape index (κ3) is 4.09. The number of anilines is 2. The summed E-state index contributed by atoms with van der Waals surface area (Å²) < 4.78 is 1.05. The molecule has 1 aromatic heterocycles. The summed E-state index contributed by atoms with van der Waals surface area (Å²) in [6.07, 6.45) is 0. The number of hydrogen-bond donors (Lipinski definition) is 1. The Hall–Kier alpha value is -1.46. The molecular weight excluding hydrogens is 352 g/mol. The van der Waals surface area contributed by atoms with E-state index in [-0.39, 0.29) is 6.04 Å². The molecule has 0 saturated heterocycles. The van der Waals surface area contributed by atoms with Crippen molar-refractivity contribution in [3.63, 3.8) is 0 Å². The maximum atomic E-state index is 6.00. The van der Waals surface area contributed by atoms with E-state index in [9.17, 15) is 0 Å². The van der Waals surface area contributed by atoms with Gasteiger partial charge < -0.3 is 10.6 Å². The van der Waals surface area contributed by atoms with E-state index in [1.807, 2.05) is 19.9 Å². The molecule has 4 nitrogen and oxygen atoms in total. The number of rotatable bonds is 5. The SMILES string of the molecule is CCN(c1nc(C)cc(C(C)N)n1)c1ccc(C(C)C)cc1Br. The van der Waals surface area contributed by atoms with Gasteiger partial charge in [0.25, 0.3) is 0 Å². The number of nitrogens with two attached hydrogens (primary N) is 1. The monoisotopic (exact) mass is 376 g/mol. The quantitative estimate of drug-likeness (QED) is 0.809. The first-order chi connectivity index (χ1) is 10.8. The zero-order chi connectivity index (χ0) is 17.1. The lowest BCUT2D eigenvalue weighted by atomic mass is 10.0. The molecule has 0 aliphatic rings. The summed E-state index contributed by atoms with van der Waals surface area (Å²) in [7, 11) is 0. The Balaban J connectivity index is 2.48. The molecule has 1 atom stereocenters. The average molecular weight is 377 g/mol. The molecule has 0 bridgehead atoms. The highest BCUT2D eigenvalue weighted by Gasteiger charge is 2.16. The Bertz CT molecular complexity index is 683. The van der Waals surface area contributed by atoms with E-state index in [0.717, 1.165) is 28.1 Å². The summed E-state index contributed by atoms with van der Waals surface area (Å²) in [5.74, 6) is 1.19. The summed E-state index contributed by atoms with van der Waals surface area (Å²) in [6, 6.07) is 8.29. The van der Waals surface area contributed by atoms with Crippen molar-refractivity contribution in [2.24, 2.45) is 5.73 Å². The summed E-state index contributed by atoms with van der Waals surface area (Å²) in [4.78, 5) is 11.4. The van der Waals surface area contributed by atoms with Gasteiger partial charge in [0.05, 0.1) is 11.4 Å². The molecule has 1 heterocycles. The third-order valence-corrected chi connectivity index (χ3v) is 4.45. The van der Waals surface area contributed by atoms with Gasteiger partial charge in [0.1, 0.15) is 0 Å². The Morgan fingerprint density at radius 3 is 2.39 bits per heavy atom. The van der Waals surface area contributed by atoms with Crippen molar-refractivity contribution in [2.75, 3.05) is 11.4 Å². The first kappa shape index (κ1) is 17.9. The standard InChI is InChI=1S/C18H25BrN4/c1-6-23(17-8-7-14(11(2)3)10-15(17)19)18-21-12(4)9-16(22-18)13(5)20/h7-11,13H,6,20H2,1-5H3.